The minimum absolute atomic E-state index is 0.0130. The van der Waals surface area contributed by atoms with Crippen LogP contribution in [0.4, 0.5) is 45.5 Å². The van der Waals surface area contributed by atoms with Gasteiger partial charge in [-0.2, -0.15) is 0 Å². The van der Waals surface area contributed by atoms with Crippen molar-refractivity contribution in [2.45, 2.75) is 0 Å². The van der Waals surface area contributed by atoms with Gasteiger partial charge in [0, 0.05) is 23.4 Å². The quantitative estimate of drug-likeness (QED) is 0.130. The van der Waals surface area contributed by atoms with Crippen LogP contribution < -0.4 is 56.7 Å². The van der Waals surface area contributed by atoms with Gasteiger partial charge in [-0.3, -0.25) is 9.59 Å². The van der Waals surface area contributed by atoms with Crippen molar-refractivity contribution in [3.8, 4) is 11.1 Å². The fourth-order valence-corrected chi connectivity index (χ4v) is 4.08. The van der Waals surface area contributed by atoms with Crippen LogP contribution in [0.3, 0.4) is 0 Å². The molecule has 12 heteroatoms. The summed E-state index contributed by atoms with van der Waals surface area (Å²) in [6, 6.07) is 4.10. The van der Waals surface area contributed by atoms with Crippen LogP contribution in [-0.2, 0) is 0 Å². The van der Waals surface area contributed by atoms with Crippen LogP contribution >= 0.6 is 0 Å². The molecule has 0 aliphatic rings. The normalized spacial score (nSPS) is 11.5. The molecular formula is C22H20N8O4. The van der Waals surface area contributed by atoms with E-state index in [-0.39, 0.29) is 89.5 Å². The van der Waals surface area contributed by atoms with Crippen LogP contribution in [0, 0.1) is 0 Å². The third kappa shape index (κ3) is 2.53. The molecule has 2 heterocycles. The van der Waals surface area contributed by atoms with Gasteiger partial charge in [0.1, 0.15) is 17.4 Å². The fourth-order valence-electron chi connectivity index (χ4n) is 4.08. The summed E-state index contributed by atoms with van der Waals surface area (Å²) in [6.07, 6.45) is 1.17. The van der Waals surface area contributed by atoms with Crippen molar-refractivity contribution < 1.29 is 8.83 Å². The Bertz CT molecular complexity index is 1840. The molecule has 34 heavy (non-hydrogen) atoms. The van der Waals surface area contributed by atoms with E-state index in [2.05, 4.69) is 0 Å². The predicted molar refractivity (Wildman–Crippen MR) is 137 cm³/mol. The molecular weight excluding hydrogens is 440 g/mol. The Morgan fingerprint density at radius 1 is 0.588 bits per heavy atom. The number of benzene rings is 3. The molecule has 0 amide bonds. The number of nitrogen functional groups attached to an aromatic ring is 8. The molecule has 0 radical (unpaired) electrons. The van der Waals surface area contributed by atoms with Gasteiger partial charge in [-0.25, -0.2) is 0 Å². The van der Waals surface area contributed by atoms with Gasteiger partial charge in [-0.1, -0.05) is 0 Å². The molecule has 5 aromatic rings. The Labute approximate surface area is 189 Å². The molecule has 0 atom stereocenters. The second-order valence-corrected chi connectivity index (χ2v) is 7.87. The van der Waals surface area contributed by atoms with E-state index < -0.39 is 10.9 Å². The molecule has 0 aliphatic heterocycles. The van der Waals surface area contributed by atoms with Crippen LogP contribution in [0.1, 0.15) is 0 Å². The van der Waals surface area contributed by atoms with E-state index in [1.165, 1.54) is 24.5 Å². The lowest BCUT2D eigenvalue weighted by Gasteiger charge is -2.14. The van der Waals surface area contributed by atoms with E-state index in [0.29, 0.717) is 0 Å². The number of nitrogens with two attached hydrogens (primary N) is 8. The number of anilines is 8. The molecule has 0 spiro atoms. The first-order valence-corrected chi connectivity index (χ1v) is 9.84. The Kier molecular flexibility index (Phi) is 4.02. The minimum Gasteiger partial charge on any atom is -0.463 e. The third-order valence-corrected chi connectivity index (χ3v) is 5.88. The van der Waals surface area contributed by atoms with Crippen molar-refractivity contribution in [1.29, 1.82) is 0 Å². The van der Waals surface area contributed by atoms with Gasteiger partial charge in [0.15, 0.2) is 5.58 Å². The first kappa shape index (κ1) is 20.6. The second kappa shape index (κ2) is 6.62. The van der Waals surface area contributed by atoms with Crippen LogP contribution in [0.25, 0.3) is 44.0 Å². The topological polar surface area (TPSA) is 269 Å². The predicted octanol–water partition coefficient (Wildman–Crippen LogP) is 1.38. The van der Waals surface area contributed by atoms with Crippen LogP contribution in [0.5, 0.6) is 0 Å². The lowest BCUT2D eigenvalue weighted by molar-refractivity contribution is 0.605. The van der Waals surface area contributed by atoms with Gasteiger partial charge >= 0.3 is 0 Å². The van der Waals surface area contributed by atoms with Crippen molar-refractivity contribution in [2.24, 2.45) is 0 Å². The summed E-state index contributed by atoms with van der Waals surface area (Å²) in [5, 5.41) is 0.0970. The van der Waals surface area contributed by atoms with Gasteiger partial charge in [-0.05, 0) is 6.07 Å². The third-order valence-electron chi connectivity index (χ3n) is 5.88. The maximum absolute atomic E-state index is 13.4. The van der Waals surface area contributed by atoms with E-state index in [4.69, 9.17) is 54.7 Å². The fraction of sp³-hybridized carbons (Fsp3) is 0. The zero-order chi connectivity index (χ0) is 24.6. The Morgan fingerprint density at radius 3 is 1.76 bits per heavy atom. The first-order valence-electron chi connectivity index (χ1n) is 9.84. The Balaban J connectivity index is 1.91. The zero-order valence-electron chi connectivity index (χ0n) is 17.6. The SMILES string of the molecule is Nc1cc2occ(-c3c(N)cc4c(=O)c5c(N)c(N)c(N)cc5oc4c3N)c(=O)c2c(N)c1N. The summed E-state index contributed by atoms with van der Waals surface area (Å²) in [6.45, 7) is 0. The highest BCUT2D eigenvalue weighted by atomic mass is 16.3. The maximum Gasteiger partial charge on any atom is 0.202 e. The van der Waals surface area contributed by atoms with Crippen molar-refractivity contribution in [3.63, 3.8) is 0 Å². The van der Waals surface area contributed by atoms with Gasteiger partial charge < -0.3 is 54.7 Å². The summed E-state index contributed by atoms with van der Waals surface area (Å²) >= 11 is 0. The van der Waals surface area contributed by atoms with E-state index >= 15 is 0 Å². The molecule has 2 aromatic heterocycles. The highest BCUT2D eigenvalue weighted by Crippen LogP contribution is 2.40. The molecule has 0 saturated carbocycles. The molecule has 172 valence electrons. The van der Waals surface area contributed by atoms with E-state index in [1.54, 1.807) is 0 Å². The number of hydrogen-bond donors (Lipinski definition) is 8. The number of fused-ring (bicyclic) bond motifs is 3. The summed E-state index contributed by atoms with van der Waals surface area (Å²) < 4.78 is 11.5. The monoisotopic (exact) mass is 460 g/mol. The van der Waals surface area contributed by atoms with E-state index in [0.717, 1.165) is 0 Å². The largest absolute Gasteiger partial charge is 0.463 e. The van der Waals surface area contributed by atoms with Gasteiger partial charge in [0.05, 0.1) is 61.5 Å². The number of rotatable bonds is 1. The highest BCUT2D eigenvalue weighted by molar-refractivity contribution is 6.10. The van der Waals surface area contributed by atoms with E-state index in [1.807, 2.05) is 0 Å². The van der Waals surface area contributed by atoms with Gasteiger partial charge in [0.25, 0.3) is 0 Å². The molecule has 3 aromatic carbocycles. The first-order chi connectivity index (χ1) is 16.0. The Morgan fingerprint density at radius 2 is 1.15 bits per heavy atom. The summed E-state index contributed by atoms with van der Waals surface area (Å²) in [4.78, 5) is 26.6. The van der Waals surface area contributed by atoms with Crippen LogP contribution in [0.15, 0.2) is 42.9 Å². The summed E-state index contributed by atoms with van der Waals surface area (Å²) in [5.74, 6) is 0. The molecule has 0 fully saturated rings. The van der Waals surface area contributed by atoms with Crippen molar-refractivity contribution >= 4 is 78.4 Å². The molecule has 0 aliphatic carbocycles. The van der Waals surface area contributed by atoms with Gasteiger partial charge in [-0.15, -0.1) is 0 Å². The summed E-state index contributed by atoms with van der Waals surface area (Å²) in [5.41, 5.74) is 47.6. The summed E-state index contributed by atoms with van der Waals surface area (Å²) in [7, 11) is 0. The molecule has 0 bridgehead atoms. The molecule has 0 unspecified atom stereocenters. The molecule has 5 rings (SSSR count). The Hall–Kier alpha value is -5.26. The van der Waals surface area contributed by atoms with Crippen molar-refractivity contribution in [3.05, 3.63) is 44.9 Å². The van der Waals surface area contributed by atoms with Crippen LogP contribution in [0.2, 0.25) is 0 Å². The van der Waals surface area contributed by atoms with Crippen molar-refractivity contribution in [2.75, 3.05) is 45.9 Å². The minimum atomic E-state index is -0.549. The van der Waals surface area contributed by atoms with Gasteiger partial charge in [0.2, 0.25) is 10.9 Å². The maximum atomic E-state index is 13.4. The average molecular weight is 460 g/mol. The molecule has 12 nitrogen and oxygen atoms in total. The van der Waals surface area contributed by atoms with E-state index in [9.17, 15) is 9.59 Å². The smallest absolute Gasteiger partial charge is 0.202 e. The number of hydrogen-bond acceptors (Lipinski definition) is 12. The zero-order valence-corrected chi connectivity index (χ0v) is 17.6. The second-order valence-electron chi connectivity index (χ2n) is 7.87. The lowest BCUT2D eigenvalue weighted by Crippen LogP contribution is -2.13. The highest BCUT2D eigenvalue weighted by Gasteiger charge is 2.23. The van der Waals surface area contributed by atoms with Crippen LogP contribution in [-0.4, -0.2) is 0 Å². The molecule has 0 saturated heterocycles. The standard InChI is InChI=1S/C22H20N8O4/c23-7-1-5-20(31)14-11(3-9(25)16(27)18(14)29)34-22(5)19(30)12(7)6-4-33-10-2-8(24)15(26)17(28)13(10)21(6)32/h1-4H,23-30H2. The van der Waals surface area contributed by atoms with Crippen molar-refractivity contribution in [1.82, 2.24) is 0 Å². The lowest BCUT2D eigenvalue weighted by atomic mass is 9.98. The molecule has 16 N–H and O–H groups in total. The average Bonchev–Trinajstić information content (AvgIpc) is 2.78.